The Morgan fingerprint density at radius 1 is 1.24 bits per heavy atom. The van der Waals surface area contributed by atoms with Gasteiger partial charge in [0, 0.05) is 76.0 Å². The lowest BCUT2D eigenvalue weighted by atomic mass is 10.1. The van der Waals surface area contributed by atoms with E-state index in [0.29, 0.717) is 37.2 Å². The van der Waals surface area contributed by atoms with Crippen LogP contribution in [0.25, 0.3) is 0 Å². The number of anilines is 1. The molecular weight excluding hydrogens is 416 g/mol. The van der Waals surface area contributed by atoms with Gasteiger partial charge in [-0.15, -0.1) is 0 Å². The van der Waals surface area contributed by atoms with E-state index in [9.17, 15) is 4.79 Å². The van der Waals surface area contributed by atoms with Gasteiger partial charge in [-0.1, -0.05) is 24.3 Å². The van der Waals surface area contributed by atoms with Crippen molar-refractivity contribution >= 4 is 17.6 Å². The second kappa shape index (κ2) is 10.6. The molecule has 0 atom stereocenters. The van der Waals surface area contributed by atoms with E-state index in [4.69, 9.17) is 15.9 Å². The van der Waals surface area contributed by atoms with Gasteiger partial charge in [0.25, 0.3) is 0 Å². The van der Waals surface area contributed by atoms with Gasteiger partial charge in [0.15, 0.2) is 0 Å². The SMILES string of the molecule is CC(=O)N(CCC(=N)CN=N)CCN1CCc2nc(NC3Cc4ccccc4C3)ncc2C1. The minimum Gasteiger partial charge on any atom is -0.351 e. The lowest BCUT2D eigenvalue weighted by Crippen LogP contribution is -2.40. The highest BCUT2D eigenvalue weighted by atomic mass is 16.2. The van der Waals surface area contributed by atoms with Crippen molar-refractivity contribution in [2.24, 2.45) is 5.11 Å². The Hall–Kier alpha value is -3.20. The number of carbonyl (C=O) groups is 1. The van der Waals surface area contributed by atoms with Gasteiger partial charge in [-0.2, -0.15) is 5.11 Å². The van der Waals surface area contributed by atoms with Gasteiger partial charge in [-0.25, -0.2) is 15.5 Å². The van der Waals surface area contributed by atoms with Crippen molar-refractivity contribution in [3.63, 3.8) is 0 Å². The number of hydrogen-bond acceptors (Lipinski definition) is 8. The van der Waals surface area contributed by atoms with Crippen LogP contribution >= 0.6 is 0 Å². The van der Waals surface area contributed by atoms with Crippen molar-refractivity contribution in [3.8, 4) is 0 Å². The van der Waals surface area contributed by atoms with Crippen LogP contribution in [0.2, 0.25) is 0 Å². The third-order valence-electron chi connectivity index (χ3n) is 6.48. The Labute approximate surface area is 194 Å². The molecule has 9 nitrogen and oxygen atoms in total. The predicted molar refractivity (Wildman–Crippen MR) is 127 cm³/mol. The molecule has 174 valence electrons. The Morgan fingerprint density at radius 3 is 2.70 bits per heavy atom. The third kappa shape index (κ3) is 5.98. The molecule has 9 heteroatoms. The zero-order valence-corrected chi connectivity index (χ0v) is 19.2. The summed E-state index contributed by atoms with van der Waals surface area (Å²) in [4.78, 5) is 25.5. The number of fused-ring (bicyclic) bond motifs is 2. The fraction of sp³-hybridized carbons (Fsp3) is 0.500. The van der Waals surface area contributed by atoms with E-state index in [-0.39, 0.29) is 12.5 Å². The number of nitrogens with one attached hydrogen (secondary N) is 3. The van der Waals surface area contributed by atoms with Crippen LogP contribution in [0.3, 0.4) is 0 Å². The highest BCUT2D eigenvalue weighted by molar-refractivity contribution is 5.84. The molecule has 1 aromatic heterocycles. The molecule has 1 aliphatic heterocycles. The molecule has 1 aliphatic carbocycles. The van der Waals surface area contributed by atoms with Gasteiger partial charge in [0.2, 0.25) is 11.9 Å². The van der Waals surface area contributed by atoms with Gasteiger partial charge in [0.1, 0.15) is 0 Å². The Balaban J connectivity index is 1.28. The molecule has 0 saturated carbocycles. The Morgan fingerprint density at radius 2 is 2.00 bits per heavy atom. The van der Waals surface area contributed by atoms with E-state index >= 15 is 0 Å². The van der Waals surface area contributed by atoms with Gasteiger partial charge in [0.05, 0.1) is 12.2 Å². The molecule has 4 rings (SSSR count). The molecule has 1 aromatic carbocycles. The minimum absolute atomic E-state index is 0.0103. The van der Waals surface area contributed by atoms with Crippen molar-refractivity contribution < 1.29 is 4.79 Å². The van der Waals surface area contributed by atoms with Gasteiger partial charge >= 0.3 is 0 Å². The lowest BCUT2D eigenvalue weighted by Gasteiger charge is -2.30. The molecule has 2 aliphatic rings. The molecule has 3 N–H and O–H groups in total. The number of amides is 1. The van der Waals surface area contributed by atoms with Gasteiger partial charge < -0.3 is 15.6 Å². The highest BCUT2D eigenvalue weighted by Gasteiger charge is 2.23. The van der Waals surface area contributed by atoms with E-state index < -0.39 is 0 Å². The summed E-state index contributed by atoms with van der Waals surface area (Å²) in [5.74, 6) is 0.723. The summed E-state index contributed by atoms with van der Waals surface area (Å²) in [7, 11) is 0. The fourth-order valence-electron chi connectivity index (χ4n) is 4.61. The van der Waals surface area contributed by atoms with Gasteiger partial charge in [-0.3, -0.25) is 9.69 Å². The molecular formula is C24H32N8O. The number of nitrogens with zero attached hydrogens (tertiary/aromatic N) is 5. The molecule has 0 bridgehead atoms. The van der Waals surface area contributed by atoms with Crippen LogP contribution in [0.4, 0.5) is 5.95 Å². The van der Waals surface area contributed by atoms with Crippen LogP contribution in [-0.2, 0) is 30.6 Å². The van der Waals surface area contributed by atoms with E-state index in [0.717, 1.165) is 50.2 Å². The smallest absolute Gasteiger partial charge is 0.223 e. The van der Waals surface area contributed by atoms with E-state index in [1.165, 1.54) is 11.1 Å². The molecule has 0 saturated heterocycles. The summed E-state index contributed by atoms with van der Waals surface area (Å²) in [6.07, 6.45) is 5.28. The zero-order chi connectivity index (χ0) is 23.2. The summed E-state index contributed by atoms with van der Waals surface area (Å²) >= 11 is 0. The number of hydrogen-bond donors (Lipinski definition) is 3. The monoisotopic (exact) mass is 448 g/mol. The maximum atomic E-state index is 12.0. The van der Waals surface area contributed by atoms with Crippen LogP contribution in [0, 0.1) is 10.9 Å². The topological polar surface area (TPSA) is 121 Å². The lowest BCUT2D eigenvalue weighted by molar-refractivity contribution is -0.129. The number of aromatic nitrogens is 2. The zero-order valence-electron chi connectivity index (χ0n) is 19.2. The summed E-state index contributed by atoms with van der Waals surface area (Å²) in [6, 6.07) is 8.93. The van der Waals surface area contributed by atoms with Crippen LogP contribution in [0.5, 0.6) is 0 Å². The fourth-order valence-corrected chi connectivity index (χ4v) is 4.61. The van der Waals surface area contributed by atoms with E-state index in [1.807, 2.05) is 6.20 Å². The minimum atomic E-state index is 0.0103. The first kappa shape index (κ1) is 23.0. The first-order valence-electron chi connectivity index (χ1n) is 11.6. The summed E-state index contributed by atoms with van der Waals surface area (Å²) in [5, 5.41) is 14.5. The number of benzene rings is 1. The standard InChI is InChI=1S/C24H32N8O/c1-17(33)32(9-6-21(25)15-28-26)11-10-31-8-7-23-20(16-31)14-27-24(30-23)29-22-12-18-4-2-3-5-19(18)13-22/h2-5,14,22,25-26H,6-13,15-16H2,1H3,(H,27,29,30). The normalized spacial score (nSPS) is 15.5. The summed E-state index contributed by atoms with van der Waals surface area (Å²) < 4.78 is 0. The largest absolute Gasteiger partial charge is 0.351 e. The number of carbonyl (C=O) groups excluding carboxylic acids is 1. The van der Waals surface area contributed by atoms with Crippen LogP contribution in [-0.4, -0.2) is 70.2 Å². The molecule has 0 spiro atoms. The molecule has 1 amide bonds. The first-order chi connectivity index (χ1) is 16.0. The quantitative estimate of drug-likeness (QED) is 0.381. The molecule has 2 aromatic rings. The highest BCUT2D eigenvalue weighted by Crippen LogP contribution is 2.24. The Bertz CT molecular complexity index is 998. The maximum Gasteiger partial charge on any atom is 0.223 e. The third-order valence-corrected chi connectivity index (χ3v) is 6.48. The van der Waals surface area contributed by atoms with E-state index in [2.05, 4.69) is 44.6 Å². The molecule has 2 heterocycles. The second-order valence-corrected chi connectivity index (χ2v) is 8.89. The molecule has 0 fully saturated rings. The van der Waals surface area contributed by atoms with Crippen molar-refractivity contribution in [1.82, 2.24) is 19.8 Å². The maximum absolute atomic E-state index is 12.0. The number of rotatable bonds is 10. The van der Waals surface area contributed by atoms with Crippen molar-refractivity contribution in [1.29, 1.82) is 10.9 Å². The van der Waals surface area contributed by atoms with Crippen molar-refractivity contribution in [2.45, 2.75) is 45.2 Å². The van der Waals surface area contributed by atoms with E-state index in [1.54, 1.807) is 11.8 Å². The molecule has 0 radical (unpaired) electrons. The van der Waals surface area contributed by atoms with Crippen LogP contribution in [0.1, 0.15) is 35.7 Å². The summed E-state index contributed by atoms with van der Waals surface area (Å²) in [6.45, 7) is 5.25. The first-order valence-corrected chi connectivity index (χ1v) is 11.6. The molecule has 33 heavy (non-hydrogen) atoms. The Kier molecular flexibility index (Phi) is 7.39. The average Bonchev–Trinajstić information content (AvgIpc) is 3.21. The second-order valence-electron chi connectivity index (χ2n) is 8.89. The van der Waals surface area contributed by atoms with Crippen LogP contribution < -0.4 is 5.32 Å². The van der Waals surface area contributed by atoms with Crippen molar-refractivity contribution in [2.75, 3.05) is 38.0 Å². The van der Waals surface area contributed by atoms with Crippen molar-refractivity contribution in [3.05, 3.63) is 52.8 Å². The summed E-state index contributed by atoms with van der Waals surface area (Å²) in [5.41, 5.74) is 12.3. The van der Waals surface area contributed by atoms with Crippen LogP contribution in [0.15, 0.2) is 35.6 Å². The van der Waals surface area contributed by atoms with Gasteiger partial charge in [-0.05, 0) is 24.0 Å². The average molecular weight is 449 g/mol. The molecule has 0 unspecified atom stereocenters. The predicted octanol–water partition coefficient (Wildman–Crippen LogP) is 2.70.